The maximum absolute atomic E-state index is 12.3. The average Bonchev–Trinajstić information content (AvgIpc) is 3.06. The highest BCUT2D eigenvalue weighted by molar-refractivity contribution is 7.71. The second-order valence-corrected chi connectivity index (χ2v) is 5.97. The molecule has 122 valence electrons. The molecular formula is C16H19N3O3S. The third kappa shape index (κ3) is 3.20. The summed E-state index contributed by atoms with van der Waals surface area (Å²) in [7, 11) is 0. The van der Waals surface area contributed by atoms with Gasteiger partial charge in [-0.05, 0) is 50.2 Å². The SMILES string of the molecule is CCn1c(=S)[nH]c2cc(C(=O)NC[C@@H]3CCCO3)ccc2c1=O. The van der Waals surface area contributed by atoms with Crippen LogP contribution in [0.2, 0.25) is 0 Å². The Labute approximate surface area is 138 Å². The molecule has 2 heterocycles. The summed E-state index contributed by atoms with van der Waals surface area (Å²) in [5.74, 6) is -0.179. The van der Waals surface area contributed by atoms with Gasteiger partial charge in [0.1, 0.15) is 0 Å². The molecule has 3 rings (SSSR count). The number of aromatic amines is 1. The van der Waals surface area contributed by atoms with Crippen molar-refractivity contribution in [1.82, 2.24) is 14.9 Å². The number of nitrogens with one attached hydrogen (secondary N) is 2. The molecule has 0 unspecified atom stereocenters. The number of hydrogen-bond acceptors (Lipinski definition) is 4. The summed E-state index contributed by atoms with van der Waals surface area (Å²) >= 11 is 5.19. The van der Waals surface area contributed by atoms with Gasteiger partial charge in [-0.2, -0.15) is 0 Å². The highest BCUT2D eigenvalue weighted by Gasteiger charge is 2.17. The first-order chi connectivity index (χ1) is 11.1. The molecule has 0 spiro atoms. The minimum Gasteiger partial charge on any atom is -0.376 e. The zero-order valence-corrected chi connectivity index (χ0v) is 13.7. The fourth-order valence-corrected chi connectivity index (χ4v) is 3.12. The van der Waals surface area contributed by atoms with Crippen molar-refractivity contribution in [1.29, 1.82) is 0 Å². The topological polar surface area (TPSA) is 76.1 Å². The lowest BCUT2D eigenvalue weighted by atomic mass is 10.1. The molecule has 1 saturated heterocycles. The molecule has 1 fully saturated rings. The molecule has 1 amide bonds. The van der Waals surface area contributed by atoms with Crippen LogP contribution in [0.15, 0.2) is 23.0 Å². The Morgan fingerprint density at radius 3 is 3.04 bits per heavy atom. The largest absolute Gasteiger partial charge is 0.376 e. The molecular weight excluding hydrogens is 314 g/mol. The van der Waals surface area contributed by atoms with Gasteiger partial charge in [-0.25, -0.2) is 0 Å². The van der Waals surface area contributed by atoms with E-state index in [-0.39, 0.29) is 17.6 Å². The van der Waals surface area contributed by atoms with Gasteiger partial charge in [0.05, 0.1) is 17.0 Å². The zero-order valence-electron chi connectivity index (χ0n) is 12.9. The van der Waals surface area contributed by atoms with E-state index in [1.54, 1.807) is 18.2 Å². The molecule has 0 radical (unpaired) electrons. The number of carbonyl (C=O) groups excluding carboxylic acids is 1. The normalized spacial score (nSPS) is 17.5. The van der Waals surface area contributed by atoms with Crippen LogP contribution < -0.4 is 10.9 Å². The smallest absolute Gasteiger partial charge is 0.262 e. The van der Waals surface area contributed by atoms with Gasteiger partial charge in [0.15, 0.2) is 4.77 Å². The number of H-pyrrole nitrogens is 1. The van der Waals surface area contributed by atoms with E-state index in [0.29, 0.717) is 34.3 Å². The number of rotatable bonds is 4. The van der Waals surface area contributed by atoms with Crippen LogP contribution >= 0.6 is 12.2 Å². The number of nitrogens with zero attached hydrogens (tertiary/aromatic N) is 1. The van der Waals surface area contributed by atoms with Crippen molar-refractivity contribution in [3.05, 3.63) is 38.9 Å². The van der Waals surface area contributed by atoms with E-state index in [9.17, 15) is 9.59 Å². The molecule has 1 aromatic heterocycles. The number of amides is 1. The third-order valence-corrected chi connectivity index (χ3v) is 4.40. The summed E-state index contributed by atoms with van der Waals surface area (Å²) in [6.07, 6.45) is 2.11. The second-order valence-electron chi connectivity index (χ2n) is 5.58. The van der Waals surface area contributed by atoms with Crippen molar-refractivity contribution < 1.29 is 9.53 Å². The maximum Gasteiger partial charge on any atom is 0.262 e. The van der Waals surface area contributed by atoms with Crippen LogP contribution in [0.5, 0.6) is 0 Å². The van der Waals surface area contributed by atoms with E-state index < -0.39 is 0 Å². The molecule has 2 aromatic rings. The van der Waals surface area contributed by atoms with Crippen LogP contribution in [0.1, 0.15) is 30.1 Å². The Morgan fingerprint density at radius 2 is 2.35 bits per heavy atom. The van der Waals surface area contributed by atoms with Crippen molar-refractivity contribution in [3.63, 3.8) is 0 Å². The number of carbonyl (C=O) groups is 1. The molecule has 0 saturated carbocycles. The Morgan fingerprint density at radius 1 is 1.52 bits per heavy atom. The van der Waals surface area contributed by atoms with E-state index in [0.717, 1.165) is 19.4 Å². The van der Waals surface area contributed by atoms with Gasteiger partial charge < -0.3 is 15.0 Å². The fourth-order valence-electron chi connectivity index (χ4n) is 2.80. The standard InChI is InChI=1S/C16H19N3O3S/c1-2-19-15(21)12-6-5-10(8-13(12)18-16(19)23)14(20)17-9-11-4-3-7-22-11/h5-6,8,11H,2-4,7,9H2,1H3,(H,17,20)(H,18,23)/t11-/m0/s1. The molecule has 7 heteroatoms. The molecule has 1 aliphatic rings. The molecule has 1 atom stereocenters. The van der Waals surface area contributed by atoms with Crippen LogP contribution in [0.4, 0.5) is 0 Å². The molecule has 1 aliphatic heterocycles. The van der Waals surface area contributed by atoms with Gasteiger partial charge in [-0.1, -0.05) is 0 Å². The Hall–Kier alpha value is -1.99. The van der Waals surface area contributed by atoms with Crippen LogP contribution in [0, 0.1) is 4.77 Å². The Kier molecular flexibility index (Phi) is 4.58. The first-order valence-corrected chi connectivity index (χ1v) is 8.17. The van der Waals surface area contributed by atoms with Crippen molar-refractivity contribution >= 4 is 29.0 Å². The Balaban J connectivity index is 1.86. The number of fused-ring (bicyclic) bond motifs is 1. The number of hydrogen-bond donors (Lipinski definition) is 2. The third-order valence-electron chi connectivity index (χ3n) is 4.07. The number of ether oxygens (including phenoxy) is 1. The maximum atomic E-state index is 12.3. The van der Waals surface area contributed by atoms with Crippen molar-refractivity contribution in [2.45, 2.75) is 32.4 Å². The lowest BCUT2D eigenvalue weighted by Gasteiger charge is -2.11. The summed E-state index contributed by atoms with van der Waals surface area (Å²) in [6.45, 7) is 3.64. The minimum absolute atomic E-state index is 0.0990. The zero-order chi connectivity index (χ0) is 16.4. The molecule has 23 heavy (non-hydrogen) atoms. The molecule has 0 bridgehead atoms. The summed E-state index contributed by atoms with van der Waals surface area (Å²) in [4.78, 5) is 27.6. The van der Waals surface area contributed by atoms with Crippen LogP contribution in [0.25, 0.3) is 10.9 Å². The van der Waals surface area contributed by atoms with E-state index in [1.165, 1.54) is 4.57 Å². The second kappa shape index (κ2) is 6.64. The van der Waals surface area contributed by atoms with Crippen LogP contribution in [0.3, 0.4) is 0 Å². The average molecular weight is 333 g/mol. The van der Waals surface area contributed by atoms with E-state index >= 15 is 0 Å². The quantitative estimate of drug-likeness (QED) is 0.839. The molecule has 0 aliphatic carbocycles. The van der Waals surface area contributed by atoms with Gasteiger partial charge in [0.2, 0.25) is 0 Å². The predicted octanol–water partition coefficient (Wildman–Crippen LogP) is 1.99. The number of aromatic nitrogens is 2. The van der Waals surface area contributed by atoms with Crippen LogP contribution in [-0.4, -0.2) is 34.7 Å². The lowest BCUT2D eigenvalue weighted by Crippen LogP contribution is -2.31. The van der Waals surface area contributed by atoms with Crippen molar-refractivity contribution in [2.24, 2.45) is 0 Å². The van der Waals surface area contributed by atoms with E-state index in [2.05, 4.69) is 10.3 Å². The lowest BCUT2D eigenvalue weighted by molar-refractivity contribution is 0.0858. The monoisotopic (exact) mass is 333 g/mol. The summed E-state index contributed by atoms with van der Waals surface area (Å²) in [6, 6.07) is 4.99. The van der Waals surface area contributed by atoms with E-state index in [1.807, 2.05) is 6.92 Å². The highest BCUT2D eigenvalue weighted by atomic mass is 32.1. The number of benzene rings is 1. The van der Waals surface area contributed by atoms with Crippen LogP contribution in [-0.2, 0) is 11.3 Å². The fraction of sp³-hybridized carbons (Fsp3) is 0.438. The summed E-state index contributed by atoms with van der Waals surface area (Å²) in [5.41, 5.74) is 0.932. The molecule has 6 nitrogen and oxygen atoms in total. The van der Waals surface area contributed by atoms with Gasteiger partial charge in [-0.3, -0.25) is 14.2 Å². The summed E-state index contributed by atoms with van der Waals surface area (Å²) in [5, 5.41) is 3.39. The minimum atomic E-state index is -0.179. The first-order valence-electron chi connectivity index (χ1n) is 7.77. The predicted molar refractivity (Wildman–Crippen MR) is 90.4 cm³/mol. The van der Waals surface area contributed by atoms with Gasteiger partial charge in [0, 0.05) is 25.3 Å². The Bertz CT molecular complexity index is 850. The molecule has 1 aromatic carbocycles. The first kappa shape index (κ1) is 15.9. The van der Waals surface area contributed by atoms with Gasteiger partial charge in [-0.15, -0.1) is 0 Å². The van der Waals surface area contributed by atoms with E-state index in [4.69, 9.17) is 17.0 Å². The summed E-state index contributed by atoms with van der Waals surface area (Å²) < 4.78 is 7.35. The molecule has 2 N–H and O–H groups in total. The van der Waals surface area contributed by atoms with Gasteiger partial charge in [0.25, 0.3) is 11.5 Å². The van der Waals surface area contributed by atoms with Gasteiger partial charge >= 0.3 is 0 Å². The van der Waals surface area contributed by atoms with Crippen molar-refractivity contribution in [2.75, 3.05) is 13.2 Å². The van der Waals surface area contributed by atoms with Crippen molar-refractivity contribution in [3.8, 4) is 0 Å². The highest BCUT2D eigenvalue weighted by Crippen LogP contribution is 2.13.